The van der Waals surface area contributed by atoms with Crippen molar-refractivity contribution in [2.45, 2.75) is 11.4 Å². The van der Waals surface area contributed by atoms with E-state index in [4.69, 9.17) is 11.0 Å². The summed E-state index contributed by atoms with van der Waals surface area (Å²) in [6.45, 7) is 0.227. The number of thiophene rings is 1. The minimum atomic E-state index is -3.57. The molecule has 1 aromatic carbocycles. The highest BCUT2D eigenvalue weighted by Gasteiger charge is 2.23. The molecule has 0 atom stereocenters. The van der Waals surface area contributed by atoms with Crippen LogP contribution in [-0.2, 0) is 16.4 Å². The van der Waals surface area contributed by atoms with Gasteiger partial charge in [0.1, 0.15) is 26.7 Å². The highest BCUT2D eigenvalue weighted by Crippen LogP contribution is 2.38. The largest absolute Gasteiger partial charge is 0.396 e. The lowest BCUT2D eigenvalue weighted by Gasteiger charge is -2.07. The molecule has 110 valence electrons. The van der Waals surface area contributed by atoms with E-state index in [1.807, 2.05) is 6.07 Å². The number of nitriles is 1. The highest BCUT2D eigenvalue weighted by atomic mass is 32.2. The number of nitrogen functional groups attached to an aromatic ring is 1. The van der Waals surface area contributed by atoms with E-state index in [0.717, 1.165) is 17.6 Å². The van der Waals surface area contributed by atoms with Crippen molar-refractivity contribution in [2.24, 2.45) is 0 Å². The van der Waals surface area contributed by atoms with Gasteiger partial charge in [-0.15, -0.1) is 11.3 Å². The molecule has 0 aliphatic carbocycles. The molecule has 0 spiro atoms. The van der Waals surface area contributed by atoms with E-state index in [1.165, 1.54) is 12.1 Å². The van der Waals surface area contributed by atoms with Crippen molar-refractivity contribution < 1.29 is 12.8 Å². The summed E-state index contributed by atoms with van der Waals surface area (Å²) < 4.78 is 36.7. The molecule has 0 saturated heterocycles. The van der Waals surface area contributed by atoms with Gasteiger partial charge in [0.25, 0.3) is 0 Å². The molecule has 0 saturated carbocycles. The molecule has 1 aromatic heterocycles. The van der Waals surface area contributed by atoms with E-state index < -0.39 is 9.84 Å². The molecule has 0 bridgehead atoms. The van der Waals surface area contributed by atoms with Crippen LogP contribution in [0.15, 0.2) is 29.2 Å². The van der Waals surface area contributed by atoms with Gasteiger partial charge in [0.2, 0.25) is 0 Å². The fourth-order valence-corrected chi connectivity index (χ4v) is 4.19. The van der Waals surface area contributed by atoms with Crippen LogP contribution in [0, 0.1) is 17.1 Å². The van der Waals surface area contributed by atoms with Crippen LogP contribution in [0.1, 0.15) is 10.4 Å². The van der Waals surface area contributed by atoms with Crippen molar-refractivity contribution in [2.75, 3.05) is 17.3 Å². The summed E-state index contributed by atoms with van der Waals surface area (Å²) in [5, 5.41) is 12.1. The number of anilines is 2. The van der Waals surface area contributed by atoms with Crippen LogP contribution in [0.3, 0.4) is 0 Å². The van der Waals surface area contributed by atoms with Crippen molar-refractivity contribution in [3.05, 3.63) is 40.5 Å². The Hall–Kier alpha value is -2.11. The van der Waals surface area contributed by atoms with Crippen LogP contribution < -0.4 is 11.1 Å². The van der Waals surface area contributed by atoms with Gasteiger partial charge >= 0.3 is 0 Å². The molecule has 3 N–H and O–H groups in total. The third kappa shape index (κ3) is 3.32. The molecule has 0 fully saturated rings. The van der Waals surface area contributed by atoms with Crippen molar-refractivity contribution in [3.63, 3.8) is 0 Å². The SMILES string of the molecule is CS(=O)(=O)c1c(NCc2cccc(F)c2)sc(C#N)c1N. The van der Waals surface area contributed by atoms with E-state index in [1.54, 1.807) is 12.1 Å². The third-order valence-corrected chi connectivity index (χ3v) is 5.08. The van der Waals surface area contributed by atoms with Crippen LogP contribution in [0.2, 0.25) is 0 Å². The van der Waals surface area contributed by atoms with Crippen LogP contribution >= 0.6 is 11.3 Å². The van der Waals surface area contributed by atoms with Crippen LogP contribution in [0.5, 0.6) is 0 Å². The van der Waals surface area contributed by atoms with Crippen molar-refractivity contribution in [1.29, 1.82) is 5.26 Å². The number of benzene rings is 1. The molecule has 2 rings (SSSR count). The van der Waals surface area contributed by atoms with E-state index in [0.29, 0.717) is 5.56 Å². The Labute approximate surface area is 125 Å². The van der Waals surface area contributed by atoms with Gasteiger partial charge in [0.05, 0.1) is 5.69 Å². The number of hydrogen-bond acceptors (Lipinski definition) is 6. The minimum absolute atomic E-state index is 0.0493. The van der Waals surface area contributed by atoms with Crippen LogP contribution in [0.4, 0.5) is 15.1 Å². The Kier molecular flexibility index (Phi) is 4.16. The lowest BCUT2D eigenvalue weighted by molar-refractivity contribution is 0.602. The van der Waals surface area contributed by atoms with Crippen LogP contribution in [-0.4, -0.2) is 14.7 Å². The fourth-order valence-electron chi connectivity index (χ4n) is 1.83. The topological polar surface area (TPSA) is 96.0 Å². The maximum atomic E-state index is 13.1. The fraction of sp³-hybridized carbons (Fsp3) is 0.154. The number of halogens is 1. The molecule has 21 heavy (non-hydrogen) atoms. The molecular formula is C13H12FN3O2S2. The van der Waals surface area contributed by atoms with Crippen molar-refractivity contribution in [1.82, 2.24) is 0 Å². The smallest absolute Gasteiger partial charge is 0.180 e. The lowest BCUT2D eigenvalue weighted by atomic mass is 10.2. The number of nitrogens with zero attached hydrogens (tertiary/aromatic N) is 1. The number of nitrogens with one attached hydrogen (secondary N) is 1. The first-order valence-corrected chi connectivity index (χ1v) is 8.54. The van der Waals surface area contributed by atoms with Crippen LogP contribution in [0.25, 0.3) is 0 Å². The van der Waals surface area contributed by atoms with E-state index in [-0.39, 0.29) is 32.8 Å². The standard InChI is InChI=1S/C13H12FN3O2S2/c1-21(18,19)12-11(16)10(6-15)20-13(12)17-7-8-3-2-4-9(14)5-8/h2-5,17H,7,16H2,1H3. The molecule has 0 aliphatic heterocycles. The summed E-state index contributed by atoms with van der Waals surface area (Å²) in [6, 6.07) is 7.80. The Bertz CT molecular complexity index is 822. The van der Waals surface area contributed by atoms with Crippen molar-refractivity contribution in [3.8, 4) is 6.07 Å². The van der Waals surface area contributed by atoms with Gasteiger partial charge in [0, 0.05) is 12.8 Å². The number of sulfone groups is 1. The van der Waals surface area contributed by atoms with Gasteiger partial charge in [-0.05, 0) is 17.7 Å². The first-order chi connectivity index (χ1) is 9.82. The first kappa shape index (κ1) is 15.3. The second-order valence-corrected chi connectivity index (χ2v) is 7.34. The minimum Gasteiger partial charge on any atom is -0.396 e. The quantitative estimate of drug-likeness (QED) is 0.899. The Morgan fingerprint density at radius 2 is 2.19 bits per heavy atom. The second kappa shape index (κ2) is 5.71. The maximum Gasteiger partial charge on any atom is 0.180 e. The summed E-state index contributed by atoms with van der Waals surface area (Å²) in [5.74, 6) is -0.374. The Balaban J connectivity index is 2.35. The Morgan fingerprint density at radius 1 is 1.48 bits per heavy atom. The zero-order valence-corrected chi connectivity index (χ0v) is 12.7. The van der Waals surface area contributed by atoms with E-state index >= 15 is 0 Å². The lowest BCUT2D eigenvalue weighted by Crippen LogP contribution is -2.06. The molecule has 0 radical (unpaired) electrons. The predicted octanol–water partition coefficient (Wildman–Crippen LogP) is 2.36. The van der Waals surface area contributed by atoms with E-state index in [2.05, 4.69) is 5.32 Å². The molecule has 0 aliphatic rings. The monoisotopic (exact) mass is 325 g/mol. The number of nitrogens with two attached hydrogens (primary N) is 1. The summed E-state index contributed by atoms with van der Waals surface area (Å²) in [6.07, 6.45) is 1.03. The molecular weight excluding hydrogens is 313 g/mol. The normalized spacial score (nSPS) is 11.1. The van der Waals surface area contributed by atoms with Gasteiger partial charge < -0.3 is 11.1 Å². The van der Waals surface area contributed by atoms with Gasteiger partial charge in [-0.1, -0.05) is 12.1 Å². The summed E-state index contributed by atoms with van der Waals surface area (Å²) >= 11 is 0.966. The maximum absolute atomic E-state index is 13.1. The van der Waals surface area contributed by atoms with Gasteiger partial charge in [-0.3, -0.25) is 0 Å². The summed E-state index contributed by atoms with van der Waals surface area (Å²) in [5.41, 5.74) is 6.31. The molecule has 2 aromatic rings. The van der Waals surface area contributed by atoms with Gasteiger partial charge in [-0.2, -0.15) is 5.26 Å². The Morgan fingerprint density at radius 3 is 2.76 bits per heavy atom. The summed E-state index contributed by atoms with van der Waals surface area (Å²) in [7, 11) is -3.57. The number of hydrogen-bond donors (Lipinski definition) is 2. The summed E-state index contributed by atoms with van der Waals surface area (Å²) in [4.78, 5) is 0.0534. The predicted molar refractivity (Wildman–Crippen MR) is 80.3 cm³/mol. The highest BCUT2D eigenvalue weighted by molar-refractivity contribution is 7.91. The molecule has 0 amide bonds. The van der Waals surface area contributed by atoms with Gasteiger partial charge in [0.15, 0.2) is 9.84 Å². The van der Waals surface area contributed by atoms with Gasteiger partial charge in [-0.25, -0.2) is 12.8 Å². The molecule has 8 heteroatoms. The second-order valence-electron chi connectivity index (χ2n) is 4.37. The average Bonchev–Trinajstić information content (AvgIpc) is 2.72. The zero-order valence-electron chi connectivity index (χ0n) is 11.1. The molecule has 0 unspecified atom stereocenters. The first-order valence-electron chi connectivity index (χ1n) is 5.83. The molecule has 5 nitrogen and oxygen atoms in total. The zero-order chi connectivity index (χ0) is 15.6. The average molecular weight is 325 g/mol. The molecule has 1 heterocycles. The number of rotatable bonds is 4. The van der Waals surface area contributed by atoms with Crippen molar-refractivity contribution >= 4 is 31.9 Å². The third-order valence-electron chi connectivity index (χ3n) is 2.71. The van der Waals surface area contributed by atoms with E-state index in [9.17, 15) is 12.8 Å².